The average Bonchev–Trinajstić information content (AvgIpc) is 3.31. The number of aryl methyl sites for hydroxylation is 1. The van der Waals surface area contributed by atoms with Crippen LogP contribution >= 0.6 is 11.6 Å². The predicted molar refractivity (Wildman–Crippen MR) is 131 cm³/mol. The van der Waals surface area contributed by atoms with Gasteiger partial charge in [0.15, 0.2) is 5.82 Å². The molecular weight excluding hydrogens is 487 g/mol. The van der Waals surface area contributed by atoms with E-state index >= 15 is 0 Å². The molecule has 2 aromatic carbocycles. The van der Waals surface area contributed by atoms with Crippen LogP contribution in [0.3, 0.4) is 0 Å². The molecule has 0 fully saturated rings. The van der Waals surface area contributed by atoms with E-state index in [0.29, 0.717) is 28.2 Å². The molecule has 0 unspecified atom stereocenters. The van der Waals surface area contributed by atoms with Crippen LogP contribution in [0.4, 0.5) is 16.0 Å². The van der Waals surface area contributed by atoms with E-state index in [1.165, 1.54) is 22.9 Å². The SMILES string of the molecule is Cc1noc(-c2cnc(Nc3ccc(Oc4ccc(F)cn4)cc3)n(Cc3ccc(Cl)cc3)c2=O)n1. The number of benzene rings is 2. The molecule has 5 aromatic rings. The Morgan fingerprint density at radius 2 is 1.81 bits per heavy atom. The average molecular weight is 505 g/mol. The lowest BCUT2D eigenvalue weighted by atomic mass is 10.2. The van der Waals surface area contributed by atoms with Gasteiger partial charge in [0, 0.05) is 23.0 Å². The van der Waals surface area contributed by atoms with E-state index in [4.69, 9.17) is 20.9 Å². The van der Waals surface area contributed by atoms with Gasteiger partial charge in [-0.15, -0.1) is 0 Å². The van der Waals surface area contributed by atoms with Gasteiger partial charge in [0.1, 0.15) is 17.1 Å². The fourth-order valence-electron chi connectivity index (χ4n) is 3.34. The number of hydrogen-bond donors (Lipinski definition) is 1. The third-order valence-electron chi connectivity index (χ3n) is 5.09. The van der Waals surface area contributed by atoms with Crippen molar-refractivity contribution >= 4 is 23.2 Å². The number of hydrogen-bond acceptors (Lipinski definition) is 8. The first-order chi connectivity index (χ1) is 17.4. The number of nitrogens with zero attached hydrogens (tertiary/aromatic N) is 5. The summed E-state index contributed by atoms with van der Waals surface area (Å²) in [7, 11) is 0. The van der Waals surface area contributed by atoms with Crippen LogP contribution in [0.5, 0.6) is 11.6 Å². The first-order valence-electron chi connectivity index (χ1n) is 10.8. The monoisotopic (exact) mass is 504 g/mol. The van der Waals surface area contributed by atoms with Crippen molar-refractivity contribution in [1.29, 1.82) is 0 Å². The molecule has 180 valence electrons. The van der Waals surface area contributed by atoms with Crippen LogP contribution in [-0.2, 0) is 6.54 Å². The maximum Gasteiger partial charge on any atom is 0.268 e. The van der Waals surface area contributed by atoms with Gasteiger partial charge in [0.25, 0.3) is 11.4 Å². The molecule has 36 heavy (non-hydrogen) atoms. The van der Waals surface area contributed by atoms with Crippen LogP contribution in [0.25, 0.3) is 11.5 Å². The third kappa shape index (κ3) is 5.23. The summed E-state index contributed by atoms with van der Waals surface area (Å²) in [5.74, 6) is 1.14. The summed E-state index contributed by atoms with van der Waals surface area (Å²) >= 11 is 6.01. The number of pyridine rings is 1. The number of nitrogens with one attached hydrogen (secondary N) is 1. The zero-order valence-electron chi connectivity index (χ0n) is 18.9. The minimum absolute atomic E-state index is 0.0947. The summed E-state index contributed by atoms with van der Waals surface area (Å²) in [6.45, 7) is 1.89. The number of halogens is 2. The molecule has 0 spiro atoms. The van der Waals surface area contributed by atoms with Crippen molar-refractivity contribution in [3.05, 3.63) is 106 Å². The molecule has 0 radical (unpaired) electrons. The number of aromatic nitrogens is 5. The van der Waals surface area contributed by atoms with E-state index in [1.54, 1.807) is 43.3 Å². The quantitative estimate of drug-likeness (QED) is 0.315. The van der Waals surface area contributed by atoms with Crippen LogP contribution in [0.2, 0.25) is 5.02 Å². The normalized spacial score (nSPS) is 10.9. The summed E-state index contributed by atoms with van der Waals surface area (Å²) in [5.41, 5.74) is 1.34. The Bertz CT molecular complexity index is 1550. The highest BCUT2D eigenvalue weighted by atomic mass is 35.5. The first kappa shape index (κ1) is 23.2. The fourth-order valence-corrected chi connectivity index (χ4v) is 3.47. The van der Waals surface area contributed by atoms with E-state index < -0.39 is 5.82 Å². The van der Waals surface area contributed by atoms with E-state index in [2.05, 4.69) is 25.4 Å². The lowest BCUT2D eigenvalue weighted by Gasteiger charge is -2.15. The van der Waals surface area contributed by atoms with Crippen molar-refractivity contribution in [2.45, 2.75) is 13.5 Å². The van der Waals surface area contributed by atoms with Gasteiger partial charge in [-0.05, 0) is 55.0 Å². The van der Waals surface area contributed by atoms with Gasteiger partial charge in [-0.3, -0.25) is 9.36 Å². The highest BCUT2D eigenvalue weighted by Gasteiger charge is 2.17. The lowest BCUT2D eigenvalue weighted by Crippen LogP contribution is -2.26. The van der Waals surface area contributed by atoms with Crippen molar-refractivity contribution in [2.24, 2.45) is 0 Å². The molecule has 0 amide bonds. The lowest BCUT2D eigenvalue weighted by molar-refractivity contribution is 0.424. The van der Waals surface area contributed by atoms with Crippen LogP contribution < -0.4 is 15.6 Å². The first-order valence-corrected chi connectivity index (χ1v) is 11.1. The molecule has 9 nitrogen and oxygen atoms in total. The summed E-state index contributed by atoms with van der Waals surface area (Å²) < 4.78 is 25.3. The second kappa shape index (κ2) is 9.96. The zero-order valence-corrected chi connectivity index (χ0v) is 19.6. The van der Waals surface area contributed by atoms with E-state index in [9.17, 15) is 9.18 Å². The molecule has 0 aliphatic rings. The van der Waals surface area contributed by atoms with Crippen LogP contribution in [0, 0.1) is 12.7 Å². The number of rotatable bonds is 7. The topological polar surface area (TPSA) is 108 Å². The molecule has 1 N–H and O–H groups in total. The van der Waals surface area contributed by atoms with Gasteiger partial charge in [-0.2, -0.15) is 4.98 Å². The van der Waals surface area contributed by atoms with Crippen molar-refractivity contribution in [2.75, 3.05) is 5.32 Å². The molecule has 5 rings (SSSR count). The maximum atomic E-state index is 13.4. The van der Waals surface area contributed by atoms with Crippen LogP contribution in [0.15, 0.2) is 82.4 Å². The van der Waals surface area contributed by atoms with Gasteiger partial charge < -0.3 is 14.6 Å². The second-order valence-electron chi connectivity index (χ2n) is 7.73. The Balaban J connectivity index is 1.44. The minimum atomic E-state index is -0.445. The van der Waals surface area contributed by atoms with Gasteiger partial charge >= 0.3 is 0 Å². The molecular formula is C25H18ClFN6O3. The Morgan fingerprint density at radius 3 is 2.47 bits per heavy atom. The summed E-state index contributed by atoms with van der Waals surface area (Å²) in [6.07, 6.45) is 2.48. The Morgan fingerprint density at radius 1 is 1.03 bits per heavy atom. The molecule has 0 saturated heterocycles. The molecule has 3 aromatic heterocycles. The molecule has 11 heteroatoms. The zero-order chi connectivity index (χ0) is 25.1. The predicted octanol–water partition coefficient (Wildman–Crippen LogP) is 5.37. The largest absolute Gasteiger partial charge is 0.439 e. The van der Waals surface area contributed by atoms with E-state index in [1.807, 2.05) is 12.1 Å². The molecule has 3 heterocycles. The van der Waals surface area contributed by atoms with Crippen molar-refractivity contribution in [3.8, 4) is 23.1 Å². The fraction of sp³-hybridized carbons (Fsp3) is 0.0800. The van der Waals surface area contributed by atoms with E-state index in [-0.39, 0.29) is 29.4 Å². The summed E-state index contributed by atoms with van der Waals surface area (Å²) in [6, 6.07) is 16.8. The minimum Gasteiger partial charge on any atom is -0.439 e. The van der Waals surface area contributed by atoms with Gasteiger partial charge in [0.05, 0.1) is 12.7 Å². The molecule has 0 saturated carbocycles. The Hall–Kier alpha value is -4.57. The molecule has 0 atom stereocenters. The number of anilines is 2. The standard InChI is InChI=1S/C25H18ClFN6O3/c1-15-30-23(36-32-15)21-13-29-25(33(24(21)34)14-16-2-4-17(26)5-3-16)31-19-7-9-20(10-8-19)35-22-11-6-18(27)12-28-22/h2-13H,14H2,1H3,(H,29,31). The molecule has 0 bridgehead atoms. The van der Waals surface area contributed by atoms with Gasteiger partial charge in [0.2, 0.25) is 11.8 Å². The number of ether oxygens (including phenoxy) is 1. The van der Waals surface area contributed by atoms with Crippen LogP contribution in [0.1, 0.15) is 11.4 Å². The maximum absolute atomic E-state index is 13.4. The molecule has 0 aliphatic carbocycles. The smallest absolute Gasteiger partial charge is 0.268 e. The van der Waals surface area contributed by atoms with Crippen molar-refractivity contribution in [3.63, 3.8) is 0 Å². The van der Waals surface area contributed by atoms with Crippen molar-refractivity contribution < 1.29 is 13.7 Å². The Kier molecular flexibility index (Phi) is 6.42. The van der Waals surface area contributed by atoms with Gasteiger partial charge in [-0.25, -0.2) is 14.4 Å². The Labute approximate surface area is 209 Å². The van der Waals surface area contributed by atoms with Crippen molar-refractivity contribution in [1.82, 2.24) is 24.7 Å². The summed E-state index contributed by atoms with van der Waals surface area (Å²) in [4.78, 5) is 25.9. The summed E-state index contributed by atoms with van der Waals surface area (Å²) in [5, 5.41) is 7.52. The van der Waals surface area contributed by atoms with E-state index in [0.717, 1.165) is 11.8 Å². The second-order valence-corrected chi connectivity index (χ2v) is 8.16. The highest BCUT2D eigenvalue weighted by Crippen LogP contribution is 2.24. The highest BCUT2D eigenvalue weighted by molar-refractivity contribution is 6.30. The van der Waals surface area contributed by atoms with Gasteiger partial charge in [-0.1, -0.05) is 28.9 Å². The third-order valence-corrected chi connectivity index (χ3v) is 5.34. The van der Waals surface area contributed by atoms with Crippen LogP contribution in [-0.4, -0.2) is 24.7 Å². The molecule has 0 aliphatic heterocycles.